The standard InChI is InChI=1S/C17H15BrN2O/c1-12(19-10-13-5-3-2-4-6-13)16-11-20(21)17-8-7-14(18)9-15(16)17/h2-12,20H,1H3. The molecule has 1 aliphatic rings. The van der Waals surface area contributed by atoms with Gasteiger partial charge in [0.05, 0.1) is 6.04 Å². The van der Waals surface area contributed by atoms with E-state index in [2.05, 4.69) is 20.9 Å². The van der Waals surface area contributed by atoms with Crippen molar-refractivity contribution in [2.24, 2.45) is 4.99 Å². The maximum atomic E-state index is 12.0. The smallest absolute Gasteiger partial charge is 0.143 e. The van der Waals surface area contributed by atoms with Crippen molar-refractivity contribution in [3.63, 3.8) is 0 Å². The van der Waals surface area contributed by atoms with E-state index in [1.807, 2.05) is 61.7 Å². The summed E-state index contributed by atoms with van der Waals surface area (Å²) in [6.07, 6.45) is 3.55. The van der Waals surface area contributed by atoms with Crippen molar-refractivity contribution in [2.45, 2.75) is 13.0 Å². The number of fused-ring (bicyclic) bond motifs is 1. The molecule has 1 aliphatic heterocycles. The largest absolute Gasteiger partial charge is 0.624 e. The fraction of sp³-hybridized carbons (Fsp3) is 0.118. The van der Waals surface area contributed by atoms with Crippen LogP contribution in [-0.4, -0.2) is 12.3 Å². The number of halogens is 1. The van der Waals surface area contributed by atoms with Crippen LogP contribution in [0.1, 0.15) is 18.1 Å². The second kappa shape index (κ2) is 5.93. The number of benzene rings is 2. The number of hydrogen-bond donors (Lipinski definition) is 1. The van der Waals surface area contributed by atoms with Crippen LogP contribution in [0.5, 0.6) is 0 Å². The lowest BCUT2D eigenvalue weighted by molar-refractivity contribution is -0.710. The van der Waals surface area contributed by atoms with Gasteiger partial charge in [0.25, 0.3) is 0 Å². The zero-order valence-corrected chi connectivity index (χ0v) is 13.2. The van der Waals surface area contributed by atoms with Gasteiger partial charge >= 0.3 is 0 Å². The van der Waals surface area contributed by atoms with Gasteiger partial charge in [0.1, 0.15) is 11.9 Å². The Kier molecular flexibility index (Phi) is 4.01. The van der Waals surface area contributed by atoms with Gasteiger partial charge in [0.2, 0.25) is 0 Å². The summed E-state index contributed by atoms with van der Waals surface area (Å²) < 4.78 is 0.973. The van der Waals surface area contributed by atoms with Crippen molar-refractivity contribution < 1.29 is 5.06 Å². The van der Waals surface area contributed by atoms with E-state index in [0.29, 0.717) is 0 Å². The van der Waals surface area contributed by atoms with Crippen LogP contribution < -0.4 is 5.06 Å². The van der Waals surface area contributed by atoms with E-state index in [4.69, 9.17) is 0 Å². The minimum atomic E-state index is -0.0512. The van der Waals surface area contributed by atoms with Gasteiger partial charge in [-0.1, -0.05) is 46.3 Å². The van der Waals surface area contributed by atoms with E-state index >= 15 is 0 Å². The third-order valence-electron chi connectivity index (χ3n) is 3.54. The van der Waals surface area contributed by atoms with Crippen molar-refractivity contribution in [3.05, 3.63) is 75.5 Å². The van der Waals surface area contributed by atoms with Crippen LogP contribution in [0.15, 0.2) is 64.2 Å². The normalized spacial score (nSPS) is 18.6. The molecule has 0 spiro atoms. The lowest BCUT2D eigenvalue weighted by Crippen LogP contribution is -2.95. The molecule has 21 heavy (non-hydrogen) atoms. The minimum absolute atomic E-state index is 0.0512. The highest BCUT2D eigenvalue weighted by molar-refractivity contribution is 9.10. The van der Waals surface area contributed by atoms with Gasteiger partial charge in [-0.15, -0.1) is 0 Å². The molecule has 2 aromatic carbocycles. The predicted octanol–water partition coefficient (Wildman–Crippen LogP) is 3.33. The molecule has 3 rings (SSSR count). The number of hydrogen-bond acceptors (Lipinski definition) is 2. The Morgan fingerprint density at radius 2 is 1.95 bits per heavy atom. The Hall–Kier alpha value is -1.75. The predicted molar refractivity (Wildman–Crippen MR) is 89.6 cm³/mol. The Labute approximate surface area is 132 Å². The third kappa shape index (κ3) is 2.97. The van der Waals surface area contributed by atoms with Gasteiger partial charge in [0.15, 0.2) is 0 Å². The van der Waals surface area contributed by atoms with Crippen molar-refractivity contribution >= 4 is 33.4 Å². The molecule has 0 saturated carbocycles. The van der Waals surface area contributed by atoms with E-state index in [0.717, 1.165) is 26.9 Å². The van der Waals surface area contributed by atoms with Crippen LogP contribution in [0.4, 0.5) is 5.69 Å². The average molecular weight is 343 g/mol. The van der Waals surface area contributed by atoms with E-state index in [1.165, 1.54) is 0 Å². The summed E-state index contributed by atoms with van der Waals surface area (Å²) in [6, 6.07) is 15.7. The molecule has 2 aromatic rings. The zero-order valence-electron chi connectivity index (χ0n) is 11.6. The van der Waals surface area contributed by atoms with Gasteiger partial charge in [-0.05, 0) is 24.6 Å². The molecule has 2 unspecified atom stereocenters. The van der Waals surface area contributed by atoms with Crippen LogP contribution in [0, 0.1) is 5.21 Å². The molecule has 0 saturated heterocycles. The van der Waals surface area contributed by atoms with Gasteiger partial charge in [-0.25, -0.2) is 0 Å². The minimum Gasteiger partial charge on any atom is -0.624 e. The van der Waals surface area contributed by atoms with Crippen LogP contribution in [-0.2, 0) is 0 Å². The van der Waals surface area contributed by atoms with Gasteiger partial charge in [-0.2, -0.15) is 0 Å². The van der Waals surface area contributed by atoms with Crippen molar-refractivity contribution in [1.29, 1.82) is 0 Å². The van der Waals surface area contributed by atoms with Crippen molar-refractivity contribution in [3.8, 4) is 0 Å². The van der Waals surface area contributed by atoms with Crippen molar-refractivity contribution in [2.75, 3.05) is 0 Å². The van der Waals surface area contributed by atoms with Gasteiger partial charge in [0, 0.05) is 27.9 Å². The molecule has 0 fully saturated rings. The van der Waals surface area contributed by atoms with Crippen molar-refractivity contribution in [1.82, 2.24) is 0 Å². The lowest BCUT2D eigenvalue weighted by Gasteiger charge is -2.12. The summed E-state index contributed by atoms with van der Waals surface area (Å²) in [4.78, 5) is 4.58. The molecule has 0 amide bonds. The first-order chi connectivity index (χ1) is 10.1. The lowest BCUT2D eigenvalue weighted by atomic mass is 10.0. The molecule has 3 nitrogen and oxygen atoms in total. The van der Waals surface area contributed by atoms with Crippen LogP contribution in [0.3, 0.4) is 0 Å². The number of nitrogens with zero attached hydrogens (tertiary/aromatic N) is 1. The summed E-state index contributed by atoms with van der Waals surface area (Å²) in [5.41, 5.74) is 3.77. The van der Waals surface area contributed by atoms with E-state index < -0.39 is 0 Å². The van der Waals surface area contributed by atoms with E-state index in [-0.39, 0.29) is 11.1 Å². The third-order valence-corrected chi connectivity index (χ3v) is 4.03. The van der Waals surface area contributed by atoms with Crippen LogP contribution in [0.2, 0.25) is 0 Å². The first-order valence-corrected chi connectivity index (χ1v) is 7.58. The first-order valence-electron chi connectivity index (χ1n) is 6.79. The Morgan fingerprint density at radius 3 is 2.71 bits per heavy atom. The second-order valence-corrected chi connectivity index (χ2v) is 5.93. The average Bonchev–Trinajstić information content (AvgIpc) is 2.82. The molecule has 0 radical (unpaired) electrons. The Morgan fingerprint density at radius 1 is 1.19 bits per heavy atom. The topological polar surface area (TPSA) is 39.9 Å². The number of rotatable bonds is 3. The number of aliphatic imine (C=N–C) groups is 1. The monoisotopic (exact) mass is 342 g/mol. The van der Waals surface area contributed by atoms with Crippen LogP contribution >= 0.6 is 15.9 Å². The highest BCUT2D eigenvalue weighted by atomic mass is 79.9. The zero-order chi connectivity index (χ0) is 14.8. The number of quaternary nitrogens is 1. The molecular formula is C17H15BrN2O. The summed E-state index contributed by atoms with van der Waals surface area (Å²) in [5, 5.41) is 12.1. The summed E-state index contributed by atoms with van der Waals surface area (Å²) in [7, 11) is 0. The molecule has 1 N–H and O–H groups in total. The fourth-order valence-corrected chi connectivity index (χ4v) is 2.79. The summed E-state index contributed by atoms with van der Waals surface area (Å²) in [5.74, 6) is 0. The SMILES string of the molecule is CC(N=Cc1ccccc1)C1=C[NH+]([O-])c2ccc(Br)cc21. The molecular weight excluding hydrogens is 328 g/mol. The first kappa shape index (κ1) is 14.2. The molecule has 0 aromatic heterocycles. The van der Waals surface area contributed by atoms with Gasteiger partial charge < -0.3 is 10.3 Å². The quantitative estimate of drug-likeness (QED) is 0.674. The maximum absolute atomic E-state index is 12.0. The number of hydroxylamine groups is 1. The maximum Gasteiger partial charge on any atom is 0.143 e. The Bertz CT molecular complexity index is 710. The number of nitrogens with one attached hydrogen (secondary N) is 1. The van der Waals surface area contributed by atoms with Crippen LogP contribution in [0.25, 0.3) is 5.57 Å². The second-order valence-electron chi connectivity index (χ2n) is 5.02. The molecule has 0 aliphatic carbocycles. The highest BCUT2D eigenvalue weighted by Gasteiger charge is 2.25. The molecule has 0 bridgehead atoms. The van der Waals surface area contributed by atoms with Gasteiger partial charge in [-0.3, -0.25) is 4.99 Å². The fourth-order valence-electron chi connectivity index (χ4n) is 2.43. The molecule has 2 atom stereocenters. The summed E-state index contributed by atoms with van der Waals surface area (Å²) >= 11 is 3.46. The molecule has 1 heterocycles. The highest BCUT2D eigenvalue weighted by Crippen LogP contribution is 2.31. The van der Waals surface area contributed by atoms with E-state index in [9.17, 15) is 5.21 Å². The summed E-state index contributed by atoms with van der Waals surface area (Å²) in [6.45, 7) is 2.01. The molecule has 106 valence electrons. The molecule has 4 heteroatoms. The van der Waals surface area contributed by atoms with E-state index in [1.54, 1.807) is 6.20 Å². The Balaban J connectivity index is 1.87.